The van der Waals surface area contributed by atoms with Crippen molar-refractivity contribution < 1.29 is 19.4 Å². The lowest BCUT2D eigenvalue weighted by Gasteiger charge is -2.13. The standard InChI is InChI=1S/C10H13NO4/c1-4-7-5-10(7,8(12)13)11-9(14)15-6(2)3/h4,7H,1-2,5H2,3H3,(H,11,14)(H,12,13)/t7-,10-/m1/s1. The molecule has 5 heteroatoms. The van der Waals surface area contributed by atoms with Crippen LogP contribution in [-0.2, 0) is 9.53 Å². The van der Waals surface area contributed by atoms with Crippen LogP contribution in [0.25, 0.3) is 0 Å². The van der Waals surface area contributed by atoms with Crippen LogP contribution in [0.2, 0.25) is 0 Å². The van der Waals surface area contributed by atoms with E-state index in [1.165, 1.54) is 13.0 Å². The highest BCUT2D eigenvalue weighted by atomic mass is 16.6. The third kappa shape index (κ3) is 2.18. The van der Waals surface area contributed by atoms with Gasteiger partial charge in [0, 0.05) is 5.92 Å². The van der Waals surface area contributed by atoms with Crippen molar-refractivity contribution in [2.75, 3.05) is 0 Å². The molecule has 0 aromatic carbocycles. The largest absolute Gasteiger partial charge is 0.479 e. The van der Waals surface area contributed by atoms with Gasteiger partial charge in [0.1, 0.15) is 5.54 Å². The first-order valence-electron chi connectivity index (χ1n) is 4.44. The van der Waals surface area contributed by atoms with E-state index in [9.17, 15) is 9.59 Å². The first-order chi connectivity index (χ1) is 6.92. The number of rotatable bonds is 4. The Kier molecular flexibility index (Phi) is 2.83. The number of carboxylic acid groups (broad SMARTS) is 1. The number of carboxylic acids is 1. The Morgan fingerprint density at radius 3 is 2.60 bits per heavy atom. The Morgan fingerprint density at radius 1 is 1.67 bits per heavy atom. The molecule has 1 fully saturated rings. The van der Waals surface area contributed by atoms with Crippen LogP contribution >= 0.6 is 0 Å². The number of hydrogen-bond donors (Lipinski definition) is 2. The molecular weight excluding hydrogens is 198 g/mol. The van der Waals surface area contributed by atoms with Crippen LogP contribution < -0.4 is 5.32 Å². The third-order valence-electron chi connectivity index (χ3n) is 2.27. The summed E-state index contributed by atoms with van der Waals surface area (Å²) in [6.45, 7) is 8.38. The highest BCUT2D eigenvalue weighted by Crippen LogP contribution is 2.44. The van der Waals surface area contributed by atoms with Gasteiger partial charge in [0.05, 0.1) is 5.76 Å². The summed E-state index contributed by atoms with van der Waals surface area (Å²) in [5.74, 6) is -1.11. The maximum Gasteiger partial charge on any atom is 0.413 e. The van der Waals surface area contributed by atoms with Crippen LogP contribution in [-0.4, -0.2) is 22.7 Å². The molecule has 2 atom stereocenters. The molecule has 1 saturated carbocycles. The first-order valence-corrected chi connectivity index (χ1v) is 4.44. The summed E-state index contributed by atoms with van der Waals surface area (Å²) in [6, 6.07) is 0. The minimum atomic E-state index is -1.24. The summed E-state index contributed by atoms with van der Waals surface area (Å²) < 4.78 is 4.63. The minimum absolute atomic E-state index is 0.212. The van der Waals surface area contributed by atoms with Crippen LogP contribution in [0.5, 0.6) is 0 Å². The second kappa shape index (κ2) is 3.76. The molecule has 0 aliphatic heterocycles. The summed E-state index contributed by atoms with van der Waals surface area (Å²) >= 11 is 0. The second-order valence-corrected chi connectivity index (χ2v) is 3.54. The molecule has 1 aliphatic carbocycles. The Bertz CT molecular complexity index is 336. The van der Waals surface area contributed by atoms with Crippen molar-refractivity contribution in [3.05, 3.63) is 25.0 Å². The monoisotopic (exact) mass is 211 g/mol. The lowest BCUT2D eigenvalue weighted by molar-refractivity contribution is -0.140. The van der Waals surface area contributed by atoms with Gasteiger partial charge in [-0.25, -0.2) is 9.59 Å². The van der Waals surface area contributed by atoms with E-state index in [2.05, 4.69) is 23.2 Å². The number of ether oxygens (including phenoxy) is 1. The predicted molar refractivity (Wildman–Crippen MR) is 53.1 cm³/mol. The molecule has 1 aliphatic rings. The summed E-state index contributed by atoms with van der Waals surface area (Å²) in [7, 11) is 0. The molecule has 15 heavy (non-hydrogen) atoms. The van der Waals surface area contributed by atoms with Crippen LogP contribution in [0.15, 0.2) is 25.0 Å². The molecule has 1 amide bonds. The van der Waals surface area contributed by atoms with Gasteiger partial charge in [-0.3, -0.25) is 0 Å². The fourth-order valence-electron chi connectivity index (χ4n) is 1.38. The zero-order chi connectivity index (χ0) is 11.6. The average Bonchev–Trinajstić information content (AvgIpc) is 2.78. The molecule has 0 aromatic heterocycles. The Labute approximate surface area is 87.4 Å². The fourth-order valence-corrected chi connectivity index (χ4v) is 1.38. The van der Waals surface area contributed by atoms with Gasteiger partial charge >= 0.3 is 12.1 Å². The topological polar surface area (TPSA) is 75.6 Å². The molecule has 0 aromatic rings. The molecule has 0 heterocycles. The third-order valence-corrected chi connectivity index (χ3v) is 2.27. The van der Waals surface area contributed by atoms with Crippen LogP contribution in [0.3, 0.4) is 0 Å². The van der Waals surface area contributed by atoms with Gasteiger partial charge in [0.15, 0.2) is 0 Å². The minimum Gasteiger partial charge on any atom is -0.479 e. The number of carbonyl (C=O) groups is 2. The van der Waals surface area contributed by atoms with Crippen molar-refractivity contribution in [2.24, 2.45) is 5.92 Å². The van der Waals surface area contributed by atoms with Gasteiger partial charge in [-0.1, -0.05) is 12.7 Å². The normalized spacial score (nSPS) is 27.7. The number of allylic oxidation sites excluding steroid dienone is 1. The van der Waals surface area contributed by atoms with E-state index in [1.807, 2.05) is 0 Å². The number of hydrogen-bond acceptors (Lipinski definition) is 3. The maximum absolute atomic E-state index is 11.2. The Hall–Kier alpha value is -1.78. The van der Waals surface area contributed by atoms with Gasteiger partial charge in [-0.05, 0) is 13.3 Å². The van der Waals surface area contributed by atoms with Crippen molar-refractivity contribution in [1.82, 2.24) is 5.32 Å². The van der Waals surface area contributed by atoms with E-state index >= 15 is 0 Å². The van der Waals surface area contributed by atoms with Gasteiger partial charge in [0.2, 0.25) is 0 Å². The number of nitrogens with one attached hydrogen (secondary N) is 1. The quantitative estimate of drug-likeness (QED) is 0.542. The predicted octanol–water partition coefficient (Wildman–Crippen LogP) is 1.28. The molecule has 5 nitrogen and oxygen atoms in total. The Balaban J connectivity index is 2.63. The summed E-state index contributed by atoms with van der Waals surface area (Å²) in [4.78, 5) is 22.1. The van der Waals surface area contributed by atoms with Crippen LogP contribution in [0.4, 0.5) is 4.79 Å². The van der Waals surface area contributed by atoms with Gasteiger partial charge < -0.3 is 15.2 Å². The fraction of sp³-hybridized carbons (Fsp3) is 0.400. The van der Waals surface area contributed by atoms with E-state index in [4.69, 9.17) is 5.11 Å². The van der Waals surface area contributed by atoms with E-state index in [0.29, 0.717) is 6.42 Å². The highest BCUT2D eigenvalue weighted by molar-refractivity contribution is 5.88. The van der Waals surface area contributed by atoms with E-state index < -0.39 is 17.6 Å². The lowest BCUT2D eigenvalue weighted by Crippen LogP contribution is -2.44. The van der Waals surface area contributed by atoms with E-state index in [-0.39, 0.29) is 11.7 Å². The first kappa shape index (κ1) is 11.3. The summed E-state index contributed by atoms with van der Waals surface area (Å²) in [5.41, 5.74) is -1.24. The number of amides is 1. The lowest BCUT2D eigenvalue weighted by atomic mass is 10.2. The van der Waals surface area contributed by atoms with Crippen LogP contribution in [0, 0.1) is 5.92 Å². The van der Waals surface area contributed by atoms with Crippen LogP contribution in [0.1, 0.15) is 13.3 Å². The highest BCUT2D eigenvalue weighted by Gasteiger charge is 2.60. The Morgan fingerprint density at radius 2 is 2.27 bits per heavy atom. The van der Waals surface area contributed by atoms with Gasteiger partial charge in [0.25, 0.3) is 0 Å². The van der Waals surface area contributed by atoms with Crippen molar-refractivity contribution in [3.8, 4) is 0 Å². The molecule has 0 radical (unpaired) electrons. The second-order valence-electron chi connectivity index (χ2n) is 3.54. The van der Waals surface area contributed by atoms with E-state index in [0.717, 1.165) is 0 Å². The molecule has 0 spiro atoms. The van der Waals surface area contributed by atoms with Crippen molar-refractivity contribution >= 4 is 12.1 Å². The molecule has 0 unspecified atom stereocenters. The van der Waals surface area contributed by atoms with Gasteiger partial charge in [-0.2, -0.15) is 0 Å². The van der Waals surface area contributed by atoms with E-state index in [1.54, 1.807) is 0 Å². The molecule has 1 rings (SSSR count). The van der Waals surface area contributed by atoms with Crippen molar-refractivity contribution in [2.45, 2.75) is 18.9 Å². The summed E-state index contributed by atoms with van der Waals surface area (Å²) in [5, 5.41) is 11.3. The number of alkyl carbamates (subject to hydrolysis) is 1. The van der Waals surface area contributed by atoms with Gasteiger partial charge in [-0.15, -0.1) is 6.58 Å². The molecule has 0 bridgehead atoms. The van der Waals surface area contributed by atoms with Crippen molar-refractivity contribution in [1.29, 1.82) is 0 Å². The molecule has 0 saturated heterocycles. The smallest absolute Gasteiger partial charge is 0.413 e. The zero-order valence-corrected chi connectivity index (χ0v) is 8.45. The van der Waals surface area contributed by atoms with Crippen molar-refractivity contribution in [3.63, 3.8) is 0 Å². The molecule has 2 N–H and O–H groups in total. The zero-order valence-electron chi connectivity index (χ0n) is 8.45. The maximum atomic E-state index is 11.2. The SMILES string of the molecule is C=C[C@@H]1C[C@]1(NC(=O)OC(=C)C)C(=O)O. The molecule has 82 valence electrons. The number of carbonyl (C=O) groups excluding carboxylic acids is 1. The molecular formula is C10H13NO4. The summed E-state index contributed by atoms with van der Waals surface area (Å²) in [6.07, 6.45) is 1.06. The number of aliphatic carboxylic acids is 1. The average molecular weight is 211 g/mol.